The van der Waals surface area contributed by atoms with Crippen molar-refractivity contribution in [2.75, 3.05) is 13.1 Å². The van der Waals surface area contributed by atoms with Gasteiger partial charge in [-0.3, -0.25) is 4.90 Å². The second-order valence-corrected chi connectivity index (χ2v) is 4.97. The Morgan fingerprint density at radius 2 is 2.00 bits per heavy atom. The van der Waals surface area contributed by atoms with Crippen molar-refractivity contribution < 1.29 is 0 Å². The Balaban J connectivity index is 2.50. The molecule has 0 aromatic rings. The van der Waals surface area contributed by atoms with E-state index < -0.39 is 0 Å². The van der Waals surface area contributed by atoms with Gasteiger partial charge in [0, 0.05) is 19.1 Å². The van der Waals surface area contributed by atoms with Crippen molar-refractivity contribution in [1.82, 2.24) is 4.90 Å². The minimum absolute atomic E-state index is 0.823. The van der Waals surface area contributed by atoms with Crippen LogP contribution in [0.1, 0.15) is 52.4 Å². The summed E-state index contributed by atoms with van der Waals surface area (Å²) < 4.78 is 0. The fraction of sp³-hybridized carbons (Fsp3) is 0.733. The van der Waals surface area contributed by atoms with E-state index in [1.54, 1.807) is 0 Å². The molecule has 0 aliphatic heterocycles. The van der Waals surface area contributed by atoms with E-state index in [2.05, 4.69) is 31.4 Å². The van der Waals surface area contributed by atoms with Gasteiger partial charge in [0.15, 0.2) is 0 Å². The fourth-order valence-electron chi connectivity index (χ4n) is 2.51. The van der Waals surface area contributed by atoms with Crippen LogP contribution in [0.15, 0.2) is 24.3 Å². The van der Waals surface area contributed by atoms with Gasteiger partial charge in [-0.1, -0.05) is 37.0 Å². The molecule has 0 unspecified atom stereocenters. The van der Waals surface area contributed by atoms with Crippen molar-refractivity contribution in [3.05, 3.63) is 24.3 Å². The summed E-state index contributed by atoms with van der Waals surface area (Å²) >= 11 is 0. The molecular weight excluding hydrogens is 194 g/mol. The van der Waals surface area contributed by atoms with Crippen LogP contribution in [0.5, 0.6) is 0 Å². The Morgan fingerprint density at radius 1 is 1.31 bits per heavy atom. The van der Waals surface area contributed by atoms with Crippen LogP contribution >= 0.6 is 0 Å². The van der Waals surface area contributed by atoms with Crippen molar-refractivity contribution in [2.45, 2.75) is 58.4 Å². The zero-order chi connectivity index (χ0) is 11.8. The SMILES string of the molecule is C=CCCN(CC(C)=CC)C1CCCCC1. The maximum atomic E-state index is 3.84. The van der Waals surface area contributed by atoms with Gasteiger partial charge in [-0.15, -0.1) is 6.58 Å². The second kappa shape index (κ2) is 7.67. The lowest BCUT2D eigenvalue weighted by atomic mass is 9.93. The third kappa shape index (κ3) is 4.52. The average molecular weight is 221 g/mol. The molecule has 0 saturated heterocycles. The van der Waals surface area contributed by atoms with E-state index in [0.717, 1.165) is 19.0 Å². The molecule has 1 saturated carbocycles. The van der Waals surface area contributed by atoms with Crippen molar-refractivity contribution in [3.63, 3.8) is 0 Å². The van der Waals surface area contributed by atoms with Gasteiger partial charge in [0.2, 0.25) is 0 Å². The summed E-state index contributed by atoms with van der Waals surface area (Å²) in [5.74, 6) is 0. The van der Waals surface area contributed by atoms with E-state index in [1.165, 1.54) is 44.2 Å². The van der Waals surface area contributed by atoms with Crippen LogP contribution in [-0.2, 0) is 0 Å². The second-order valence-electron chi connectivity index (χ2n) is 4.97. The Hall–Kier alpha value is -0.560. The summed E-state index contributed by atoms with van der Waals surface area (Å²) in [6.45, 7) is 10.5. The summed E-state index contributed by atoms with van der Waals surface area (Å²) in [4.78, 5) is 2.66. The molecule has 0 atom stereocenters. The summed E-state index contributed by atoms with van der Waals surface area (Å²) in [5.41, 5.74) is 1.50. The van der Waals surface area contributed by atoms with Crippen LogP contribution in [0, 0.1) is 0 Å². The molecule has 1 aliphatic rings. The largest absolute Gasteiger partial charge is 0.296 e. The van der Waals surface area contributed by atoms with Gasteiger partial charge in [-0.05, 0) is 33.1 Å². The first-order valence-corrected chi connectivity index (χ1v) is 6.74. The Bertz CT molecular complexity index is 224. The van der Waals surface area contributed by atoms with E-state index in [9.17, 15) is 0 Å². The number of nitrogens with zero attached hydrogens (tertiary/aromatic N) is 1. The highest BCUT2D eigenvalue weighted by Crippen LogP contribution is 2.23. The van der Waals surface area contributed by atoms with E-state index in [4.69, 9.17) is 0 Å². The van der Waals surface area contributed by atoms with Crippen LogP contribution in [0.3, 0.4) is 0 Å². The fourth-order valence-corrected chi connectivity index (χ4v) is 2.51. The first kappa shape index (κ1) is 13.5. The number of rotatable bonds is 6. The first-order chi connectivity index (χ1) is 7.77. The lowest BCUT2D eigenvalue weighted by molar-refractivity contribution is 0.171. The number of hydrogen-bond acceptors (Lipinski definition) is 1. The molecule has 1 nitrogen and oxygen atoms in total. The molecule has 16 heavy (non-hydrogen) atoms. The van der Waals surface area contributed by atoms with Gasteiger partial charge in [-0.25, -0.2) is 0 Å². The summed E-state index contributed by atoms with van der Waals surface area (Å²) in [7, 11) is 0. The van der Waals surface area contributed by atoms with Crippen LogP contribution in [0.25, 0.3) is 0 Å². The molecule has 0 aromatic carbocycles. The van der Waals surface area contributed by atoms with Crippen LogP contribution in [0.4, 0.5) is 0 Å². The summed E-state index contributed by atoms with van der Waals surface area (Å²) in [6.07, 6.45) is 12.5. The summed E-state index contributed by atoms with van der Waals surface area (Å²) in [5, 5.41) is 0. The Morgan fingerprint density at radius 3 is 2.56 bits per heavy atom. The highest BCUT2D eigenvalue weighted by Gasteiger charge is 2.20. The Kier molecular flexibility index (Phi) is 6.47. The van der Waals surface area contributed by atoms with Gasteiger partial charge < -0.3 is 0 Å². The smallest absolute Gasteiger partial charge is 0.0193 e. The monoisotopic (exact) mass is 221 g/mol. The van der Waals surface area contributed by atoms with Crippen LogP contribution in [-0.4, -0.2) is 24.0 Å². The molecule has 0 amide bonds. The lowest BCUT2D eigenvalue weighted by Crippen LogP contribution is -2.38. The van der Waals surface area contributed by atoms with Gasteiger partial charge in [0.25, 0.3) is 0 Å². The molecular formula is C15H27N. The molecule has 92 valence electrons. The van der Waals surface area contributed by atoms with Gasteiger partial charge in [-0.2, -0.15) is 0 Å². The molecule has 1 rings (SSSR count). The first-order valence-electron chi connectivity index (χ1n) is 6.74. The summed E-state index contributed by atoms with van der Waals surface area (Å²) in [6, 6.07) is 0.823. The lowest BCUT2D eigenvalue weighted by Gasteiger charge is -2.34. The molecule has 0 spiro atoms. The minimum atomic E-state index is 0.823. The molecule has 1 fully saturated rings. The normalized spacial score (nSPS) is 19.1. The average Bonchev–Trinajstić information content (AvgIpc) is 2.35. The van der Waals surface area contributed by atoms with E-state index in [-0.39, 0.29) is 0 Å². The predicted octanol–water partition coefficient (Wildman–Crippen LogP) is 4.16. The number of hydrogen-bond donors (Lipinski definition) is 0. The van der Waals surface area contributed by atoms with Crippen molar-refractivity contribution in [1.29, 1.82) is 0 Å². The van der Waals surface area contributed by atoms with E-state index in [1.807, 2.05) is 6.08 Å². The quantitative estimate of drug-likeness (QED) is 0.609. The van der Waals surface area contributed by atoms with Gasteiger partial charge in [0.05, 0.1) is 0 Å². The third-order valence-electron chi connectivity index (χ3n) is 3.66. The molecule has 1 heteroatoms. The van der Waals surface area contributed by atoms with Crippen molar-refractivity contribution in [3.8, 4) is 0 Å². The molecule has 0 bridgehead atoms. The highest BCUT2D eigenvalue weighted by molar-refractivity contribution is 4.99. The standard InChI is InChI=1S/C15H27N/c1-4-6-12-16(13-14(3)5-2)15-10-8-7-9-11-15/h4-5,15H,1,6-13H2,2-3H3. The maximum Gasteiger partial charge on any atom is 0.0193 e. The highest BCUT2D eigenvalue weighted by atomic mass is 15.1. The minimum Gasteiger partial charge on any atom is -0.296 e. The van der Waals surface area contributed by atoms with E-state index in [0.29, 0.717) is 0 Å². The van der Waals surface area contributed by atoms with Crippen molar-refractivity contribution in [2.24, 2.45) is 0 Å². The molecule has 0 N–H and O–H groups in total. The van der Waals surface area contributed by atoms with Crippen LogP contribution in [0.2, 0.25) is 0 Å². The van der Waals surface area contributed by atoms with Gasteiger partial charge in [0.1, 0.15) is 0 Å². The molecule has 0 radical (unpaired) electrons. The zero-order valence-electron chi connectivity index (χ0n) is 11.0. The molecule has 1 aliphatic carbocycles. The number of allylic oxidation sites excluding steroid dienone is 1. The predicted molar refractivity (Wildman–Crippen MR) is 72.7 cm³/mol. The Labute approximate surface area is 101 Å². The van der Waals surface area contributed by atoms with Gasteiger partial charge >= 0.3 is 0 Å². The van der Waals surface area contributed by atoms with E-state index >= 15 is 0 Å². The molecule has 0 heterocycles. The maximum absolute atomic E-state index is 3.84. The third-order valence-corrected chi connectivity index (χ3v) is 3.66. The molecule has 0 aromatic heterocycles. The topological polar surface area (TPSA) is 3.24 Å². The van der Waals surface area contributed by atoms with Crippen molar-refractivity contribution >= 4 is 0 Å². The zero-order valence-corrected chi connectivity index (χ0v) is 11.0. The van der Waals surface area contributed by atoms with Crippen LogP contribution < -0.4 is 0 Å².